The molecule has 1 atom stereocenters. The van der Waals surface area contributed by atoms with Gasteiger partial charge in [-0.1, -0.05) is 13.8 Å². The highest BCUT2D eigenvalue weighted by Gasteiger charge is 2.18. The molecule has 0 amide bonds. The summed E-state index contributed by atoms with van der Waals surface area (Å²) < 4.78 is 4.86. The van der Waals surface area contributed by atoms with Crippen molar-refractivity contribution in [2.75, 3.05) is 0 Å². The lowest BCUT2D eigenvalue weighted by Gasteiger charge is -2.02. The minimum absolute atomic E-state index is 0.216. The predicted octanol–water partition coefficient (Wildman–Crippen LogP) is 2.11. The van der Waals surface area contributed by atoms with Gasteiger partial charge in [0, 0.05) is 12.1 Å². The molecular formula is C9H15N3O. The van der Waals surface area contributed by atoms with E-state index < -0.39 is 0 Å². The molecule has 1 aliphatic rings. The fourth-order valence-electron chi connectivity index (χ4n) is 1.14. The van der Waals surface area contributed by atoms with E-state index in [-0.39, 0.29) is 6.04 Å². The second kappa shape index (κ2) is 4.64. The van der Waals surface area contributed by atoms with Crippen LogP contribution in [0.25, 0.3) is 0 Å². The molecule has 0 aliphatic carbocycles. The highest BCUT2D eigenvalue weighted by atomic mass is 16.3. The van der Waals surface area contributed by atoms with Crippen LogP contribution < -0.4 is 5.43 Å². The molecule has 1 N–H and O–H groups in total. The predicted molar refractivity (Wildman–Crippen MR) is 51.5 cm³/mol. The van der Waals surface area contributed by atoms with Gasteiger partial charge in [0.05, 0.1) is 6.04 Å². The van der Waals surface area contributed by atoms with Crippen molar-refractivity contribution in [1.82, 2.24) is 10.4 Å². The van der Waals surface area contributed by atoms with Crippen molar-refractivity contribution in [3.8, 4) is 0 Å². The minimum Gasteiger partial charge on any atom is -0.451 e. The number of rotatable bonds is 1. The van der Waals surface area contributed by atoms with Crippen molar-refractivity contribution >= 4 is 5.71 Å². The standard InChI is InChI=1S/C7H9N3O.C2H6/c1-5-2-6(10-9-5)7-3-11-4-8-7;1-2/h3-4,6,10H,2H2,1H3;1-2H3. The van der Waals surface area contributed by atoms with Crippen molar-refractivity contribution in [2.45, 2.75) is 33.2 Å². The highest BCUT2D eigenvalue weighted by Crippen LogP contribution is 2.18. The van der Waals surface area contributed by atoms with Gasteiger partial charge in [0.25, 0.3) is 0 Å². The summed E-state index contributed by atoms with van der Waals surface area (Å²) in [5.74, 6) is 0. The molecule has 4 nitrogen and oxygen atoms in total. The van der Waals surface area contributed by atoms with E-state index in [1.807, 2.05) is 20.8 Å². The molecule has 1 aromatic heterocycles. The lowest BCUT2D eigenvalue weighted by atomic mass is 10.1. The Labute approximate surface area is 78.1 Å². The molecule has 72 valence electrons. The van der Waals surface area contributed by atoms with Crippen LogP contribution >= 0.6 is 0 Å². The first kappa shape index (κ1) is 9.77. The summed E-state index contributed by atoms with van der Waals surface area (Å²) in [5.41, 5.74) is 5.01. The van der Waals surface area contributed by atoms with Gasteiger partial charge in [0.15, 0.2) is 6.39 Å². The first-order valence-corrected chi connectivity index (χ1v) is 4.53. The van der Waals surface area contributed by atoms with Crippen LogP contribution in [0.2, 0.25) is 0 Å². The van der Waals surface area contributed by atoms with Gasteiger partial charge in [-0.3, -0.25) is 0 Å². The Kier molecular flexibility index (Phi) is 3.49. The molecule has 13 heavy (non-hydrogen) atoms. The van der Waals surface area contributed by atoms with Crippen LogP contribution in [0.5, 0.6) is 0 Å². The molecule has 0 saturated heterocycles. The van der Waals surface area contributed by atoms with E-state index in [1.165, 1.54) is 6.39 Å². The van der Waals surface area contributed by atoms with Gasteiger partial charge >= 0.3 is 0 Å². The summed E-state index contributed by atoms with van der Waals surface area (Å²) in [5, 5.41) is 4.06. The Morgan fingerprint density at radius 3 is 2.77 bits per heavy atom. The zero-order valence-electron chi connectivity index (χ0n) is 8.24. The van der Waals surface area contributed by atoms with Gasteiger partial charge in [0.2, 0.25) is 0 Å². The molecule has 0 bridgehead atoms. The summed E-state index contributed by atoms with van der Waals surface area (Å²) in [6.45, 7) is 5.99. The van der Waals surface area contributed by atoms with E-state index in [0.717, 1.165) is 17.8 Å². The van der Waals surface area contributed by atoms with Crippen LogP contribution in [0.15, 0.2) is 22.2 Å². The van der Waals surface area contributed by atoms with Crippen LogP contribution in [0.3, 0.4) is 0 Å². The SMILES string of the molecule is CC.CC1=NNC(c2cocn2)C1. The van der Waals surface area contributed by atoms with E-state index in [0.29, 0.717) is 0 Å². The molecular weight excluding hydrogens is 166 g/mol. The van der Waals surface area contributed by atoms with Gasteiger partial charge in [0.1, 0.15) is 12.0 Å². The number of hydrogen-bond acceptors (Lipinski definition) is 4. The molecule has 0 radical (unpaired) electrons. The number of hydrogen-bond donors (Lipinski definition) is 1. The lowest BCUT2D eigenvalue weighted by molar-refractivity contribution is 0.548. The number of nitrogens with one attached hydrogen (secondary N) is 1. The first-order valence-electron chi connectivity index (χ1n) is 4.53. The largest absolute Gasteiger partial charge is 0.451 e. The van der Waals surface area contributed by atoms with Crippen molar-refractivity contribution in [1.29, 1.82) is 0 Å². The number of oxazole rings is 1. The summed E-state index contributed by atoms with van der Waals surface area (Å²) in [7, 11) is 0. The van der Waals surface area contributed by atoms with Crippen molar-refractivity contribution in [2.24, 2.45) is 5.10 Å². The van der Waals surface area contributed by atoms with Gasteiger partial charge < -0.3 is 9.84 Å². The third-order valence-corrected chi connectivity index (χ3v) is 1.72. The average Bonchev–Trinajstić information content (AvgIpc) is 2.77. The monoisotopic (exact) mass is 181 g/mol. The lowest BCUT2D eigenvalue weighted by Crippen LogP contribution is -2.09. The fraction of sp³-hybridized carbons (Fsp3) is 0.556. The van der Waals surface area contributed by atoms with Crippen LogP contribution in [0, 0.1) is 0 Å². The topological polar surface area (TPSA) is 50.4 Å². The van der Waals surface area contributed by atoms with Gasteiger partial charge in [-0.15, -0.1) is 0 Å². The molecule has 2 heterocycles. The maximum absolute atomic E-state index is 4.86. The molecule has 2 rings (SSSR count). The van der Waals surface area contributed by atoms with Crippen LogP contribution in [0.4, 0.5) is 0 Å². The van der Waals surface area contributed by atoms with Crippen LogP contribution in [0.1, 0.15) is 38.9 Å². The third kappa shape index (κ3) is 2.31. The van der Waals surface area contributed by atoms with Gasteiger partial charge in [-0.25, -0.2) is 4.98 Å². The molecule has 0 saturated carbocycles. The summed E-state index contributed by atoms with van der Waals surface area (Å²) >= 11 is 0. The summed E-state index contributed by atoms with van der Waals surface area (Å²) in [6, 6.07) is 0.216. The third-order valence-electron chi connectivity index (χ3n) is 1.72. The fourth-order valence-corrected chi connectivity index (χ4v) is 1.14. The van der Waals surface area contributed by atoms with E-state index >= 15 is 0 Å². The zero-order valence-corrected chi connectivity index (χ0v) is 8.24. The van der Waals surface area contributed by atoms with Crippen molar-refractivity contribution < 1.29 is 4.42 Å². The maximum Gasteiger partial charge on any atom is 0.180 e. The molecule has 1 unspecified atom stereocenters. The van der Waals surface area contributed by atoms with E-state index in [9.17, 15) is 0 Å². The smallest absolute Gasteiger partial charge is 0.180 e. The van der Waals surface area contributed by atoms with E-state index in [2.05, 4.69) is 15.5 Å². The van der Waals surface area contributed by atoms with E-state index in [4.69, 9.17) is 4.42 Å². The van der Waals surface area contributed by atoms with Gasteiger partial charge in [-0.2, -0.15) is 5.10 Å². The molecule has 0 aromatic carbocycles. The minimum atomic E-state index is 0.216. The summed E-state index contributed by atoms with van der Waals surface area (Å²) in [6.07, 6.45) is 4.00. The number of hydrazone groups is 1. The Balaban J connectivity index is 0.000000396. The number of nitrogens with zero attached hydrogens (tertiary/aromatic N) is 2. The molecule has 0 fully saturated rings. The maximum atomic E-state index is 4.86. The Bertz CT molecular complexity index is 266. The summed E-state index contributed by atoms with van der Waals surface area (Å²) in [4.78, 5) is 4.03. The zero-order chi connectivity index (χ0) is 9.68. The van der Waals surface area contributed by atoms with E-state index in [1.54, 1.807) is 6.26 Å². The van der Waals surface area contributed by atoms with Gasteiger partial charge in [-0.05, 0) is 6.92 Å². The van der Waals surface area contributed by atoms with Crippen LogP contribution in [-0.4, -0.2) is 10.7 Å². The van der Waals surface area contributed by atoms with Crippen LogP contribution in [-0.2, 0) is 0 Å². The second-order valence-electron chi connectivity index (χ2n) is 2.65. The number of aromatic nitrogens is 1. The Morgan fingerprint density at radius 2 is 2.31 bits per heavy atom. The Morgan fingerprint density at radius 1 is 1.54 bits per heavy atom. The second-order valence-corrected chi connectivity index (χ2v) is 2.65. The molecule has 4 heteroatoms. The molecule has 1 aliphatic heterocycles. The first-order chi connectivity index (χ1) is 6.36. The normalized spacial score (nSPS) is 19.9. The van der Waals surface area contributed by atoms with Crippen molar-refractivity contribution in [3.05, 3.63) is 18.4 Å². The molecule has 0 spiro atoms. The Hall–Kier alpha value is -1.32. The van der Waals surface area contributed by atoms with Crippen molar-refractivity contribution in [3.63, 3.8) is 0 Å². The quantitative estimate of drug-likeness (QED) is 0.721. The average molecular weight is 181 g/mol. The highest BCUT2D eigenvalue weighted by molar-refractivity contribution is 5.83. The molecule has 1 aromatic rings.